The van der Waals surface area contributed by atoms with Gasteiger partial charge in [0, 0.05) is 11.5 Å². The largest absolute Gasteiger partial charge is 0.459 e. The number of hydrogen-bond acceptors (Lipinski definition) is 3. The number of ether oxygens (including phenoxy) is 1. The Morgan fingerprint density at radius 1 is 0.952 bits per heavy atom. The molecule has 1 aromatic carbocycles. The van der Waals surface area contributed by atoms with Gasteiger partial charge >= 0.3 is 5.97 Å². The molecular weight excluding hydrogens is 516 g/mol. The predicted octanol–water partition coefficient (Wildman–Crippen LogP) is 9.40. The summed E-state index contributed by atoms with van der Waals surface area (Å²) >= 11 is 0. The fourth-order valence-electron chi connectivity index (χ4n) is 12.3. The number of aliphatic hydroxyl groups excluding tert-OH is 1. The average molecular weight is 573 g/mol. The molecule has 0 unspecified atom stereocenters. The quantitative estimate of drug-likeness (QED) is 0.192. The Hall–Kier alpha value is -1.87. The molecular formula is C39H56O3. The van der Waals surface area contributed by atoms with Gasteiger partial charge in [0.25, 0.3) is 0 Å². The summed E-state index contributed by atoms with van der Waals surface area (Å²) in [5, 5.41) is 10.4. The van der Waals surface area contributed by atoms with Crippen molar-refractivity contribution < 1.29 is 14.6 Å². The molecule has 2 spiro atoms. The molecule has 1 aromatic rings. The second-order valence-electron chi connectivity index (χ2n) is 16.6. The van der Waals surface area contributed by atoms with Crippen molar-refractivity contribution in [1.29, 1.82) is 0 Å². The van der Waals surface area contributed by atoms with Gasteiger partial charge in [-0.2, -0.15) is 0 Å². The van der Waals surface area contributed by atoms with Crippen LogP contribution in [0.1, 0.15) is 118 Å². The molecule has 0 aliphatic heterocycles. The molecule has 0 amide bonds. The first-order valence-corrected chi connectivity index (χ1v) is 17.1. The van der Waals surface area contributed by atoms with Crippen molar-refractivity contribution in [3.05, 3.63) is 54.1 Å². The highest BCUT2D eigenvalue weighted by Crippen LogP contribution is 2.89. The Balaban J connectivity index is 1.16. The van der Waals surface area contributed by atoms with Crippen LogP contribution >= 0.6 is 0 Å². The second-order valence-corrected chi connectivity index (χ2v) is 16.6. The van der Waals surface area contributed by atoms with Crippen molar-refractivity contribution in [2.45, 2.75) is 124 Å². The van der Waals surface area contributed by atoms with Crippen molar-refractivity contribution in [3.63, 3.8) is 0 Å². The van der Waals surface area contributed by atoms with Crippen LogP contribution in [0.4, 0.5) is 0 Å². The third kappa shape index (κ3) is 4.33. The Bertz CT molecular complexity index is 1230. The Kier molecular flexibility index (Phi) is 7.44. The number of rotatable bonds is 8. The summed E-state index contributed by atoms with van der Waals surface area (Å²) in [5.41, 5.74) is 3.67. The fourth-order valence-corrected chi connectivity index (χ4v) is 12.3. The van der Waals surface area contributed by atoms with Crippen LogP contribution in [0.3, 0.4) is 0 Å². The number of benzene rings is 1. The summed E-state index contributed by atoms with van der Waals surface area (Å²) in [6, 6.07) is 10.0. The Morgan fingerprint density at radius 2 is 1.64 bits per heavy atom. The SMILES string of the molecule is C=C(C)[C@H](O)CC[C@@H](C)[C@H]1CC[C@@]2(C)[C@@H]3CC[C@H]4C(C)(C)[C@@H](OC(=O)/C=C/c5ccccc5)CC[C@@]45C[C@@]35CC[C@]12C. The Morgan fingerprint density at radius 3 is 2.36 bits per heavy atom. The van der Waals surface area contributed by atoms with E-state index in [1.54, 1.807) is 6.08 Å². The van der Waals surface area contributed by atoms with Gasteiger partial charge in [0.2, 0.25) is 0 Å². The summed E-state index contributed by atoms with van der Waals surface area (Å²) in [7, 11) is 0. The van der Waals surface area contributed by atoms with Gasteiger partial charge in [-0.15, -0.1) is 0 Å². The van der Waals surface area contributed by atoms with Crippen molar-refractivity contribution in [2.75, 3.05) is 0 Å². The molecule has 0 radical (unpaired) electrons. The van der Waals surface area contributed by atoms with Crippen molar-refractivity contribution >= 4 is 12.0 Å². The van der Waals surface area contributed by atoms with E-state index >= 15 is 0 Å². The van der Waals surface area contributed by atoms with Gasteiger partial charge in [0.15, 0.2) is 0 Å². The van der Waals surface area contributed by atoms with Crippen LogP contribution in [0.15, 0.2) is 48.6 Å². The zero-order chi connectivity index (χ0) is 30.1. The van der Waals surface area contributed by atoms with Crippen molar-refractivity contribution in [3.8, 4) is 0 Å². The summed E-state index contributed by atoms with van der Waals surface area (Å²) in [5.74, 6) is 2.65. The number of hydrogen-bond donors (Lipinski definition) is 1. The Labute approximate surface area is 255 Å². The van der Waals surface area contributed by atoms with Crippen LogP contribution in [0.25, 0.3) is 6.08 Å². The van der Waals surface area contributed by atoms with Gasteiger partial charge in [-0.25, -0.2) is 4.79 Å². The van der Waals surface area contributed by atoms with Gasteiger partial charge in [0.05, 0.1) is 6.10 Å². The number of carbonyl (C=O) groups excluding carboxylic acids is 1. The lowest BCUT2D eigenvalue weighted by atomic mass is 9.41. The second kappa shape index (κ2) is 10.4. The lowest BCUT2D eigenvalue weighted by molar-refractivity contribution is -0.179. The lowest BCUT2D eigenvalue weighted by Crippen LogP contribution is -2.58. The number of carbonyl (C=O) groups is 1. The van der Waals surface area contributed by atoms with Crippen LogP contribution in [0.2, 0.25) is 0 Å². The number of aliphatic hydroxyl groups is 1. The van der Waals surface area contributed by atoms with E-state index in [2.05, 4.69) is 41.2 Å². The van der Waals surface area contributed by atoms with E-state index in [4.69, 9.17) is 4.74 Å². The third-order valence-corrected chi connectivity index (χ3v) is 14.7. The van der Waals surface area contributed by atoms with Gasteiger partial charge in [-0.1, -0.05) is 77.1 Å². The average Bonchev–Trinajstić information content (AvgIpc) is 3.54. The van der Waals surface area contributed by atoms with Crippen molar-refractivity contribution in [2.24, 2.45) is 50.7 Å². The minimum atomic E-state index is -0.359. The van der Waals surface area contributed by atoms with Crippen LogP contribution < -0.4 is 0 Å². The van der Waals surface area contributed by atoms with E-state index in [0.717, 1.165) is 42.2 Å². The van der Waals surface area contributed by atoms with E-state index in [1.807, 2.05) is 43.3 Å². The summed E-state index contributed by atoms with van der Waals surface area (Å²) < 4.78 is 6.23. The lowest BCUT2D eigenvalue weighted by Gasteiger charge is -2.63. The fraction of sp³-hybridized carbons (Fsp3) is 0.718. The minimum absolute atomic E-state index is 0.00145. The highest BCUT2D eigenvalue weighted by molar-refractivity contribution is 5.87. The van der Waals surface area contributed by atoms with E-state index in [1.165, 1.54) is 51.4 Å². The maximum atomic E-state index is 12.9. The molecule has 0 saturated heterocycles. The highest BCUT2D eigenvalue weighted by atomic mass is 16.5. The van der Waals surface area contributed by atoms with Crippen molar-refractivity contribution in [1.82, 2.24) is 0 Å². The molecule has 5 saturated carbocycles. The highest BCUT2D eigenvalue weighted by Gasteiger charge is 2.82. The van der Waals surface area contributed by atoms with Crippen LogP contribution in [0, 0.1) is 50.7 Å². The molecule has 10 atom stereocenters. The molecule has 230 valence electrons. The molecule has 0 aromatic heterocycles. The monoisotopic (exact) mass is 572 g/mol. The normalized spacial score (nSPS) is 42.9. The van der Waals surface area contributed by atoms with Crippen LogP contribution in [0.5, 0.6) is 0 Å². The molecule has 5 aliphatic carbocycles. The number of fused-ring (bicyclic) bond motifs is 2. The van der Waals surface area contributed by atoms with Gasteiger partial charge < -0.3 is 9.84 Å². The molecule has 5 fully saturated rings. The molecule has 5 aliphatic rings. The zero-order valence-corrected chi connectivity index (χ0v) is 27.3. The van der Waals surface area contributed by atoms with E-state index in [-0.39, 0.29) is 23.6 Å². The maximum absolute atomic E-state index is 12.9. The minimum Gasteiger partial charge on any atom is -0.459 e. The zero-order valence-electron chi connectivity index (χ0n) is 27.3. The summed E-state index contributed by atoms with van der Waals surface area (Å²) in [6.07, 6.45) is 16.8. The molecule has 0 heterocycles. The summed E-state index contributed by atoms with van der Waals surface area (Å²) in [6.45, 7) is 18.6. The first-order chi connectivity index (χ1) is 19.8. The molecule has 42 heavy (non-hydrogen) atoms. The van der Waals surface area contributed by atoms with Crippen LogP contribution in [-0.2, 0) is 9.53 Å². The van der Waals surface area contributed by atoms with Gasteiger partial charge in [0.1, 0.15) is 6.10 Å². The smallest absolute Gasteiger partial charge is 0.331 e. The van der Waals surface area contributed by atoms with E-state index in [9.17, 15) is 9.90 Å². The molecule has 6 rings (SSSR count). The van der Waals surface area contributed by atoms with E-state index in [0.29, 0.717) is 33.5 Å². The molecule has 0 bridgehead atoms. The third-order valence-electron chi connectivity index (χ3n) is 14.7. The first kappa shape index (κ1) is 30.2. The van der Waals surface area contributed by atoms with Crippen LogP contribution in [-0.4, -0.2) is 23.3 Å². The predicted molar refractivity (Wildman–Crippen MR) is 171 cm³/mol. The van der Waals surface area contributed by atoms with Gasteiger partial charge in [-0.05, 0) is 135 Å². The van der Waals surface area contributed by atoms with Gasteiger partial charge in [-0.3, -0.25) is 0 Å². The van der Waals surface area contributed by atoms with E-state index < -0.39 is 0 Å². The molecule has 3 heteroatoms. The first-order valence-electron chi connectivity index (χ1n) is 17.1. The maximum Gasteiger partial charge on any atom is 0.331 e. The topological polar surface area (TPSA) is 46.5 Å². The molecule has 3 nitrogen and oxygen atoms in total. The summed E-state index contributed by atoms with van der Waals surface area (Å²) in [4.78, 5) is 12.9. The standard InChI is InChI=1S/C39H56O3/c1-26(2)30(40)15-13-27(3)29-19-21-37(7)32-17-16-31-35(4,5)33(42-34(41)18-14-28-11-9-8-10-12-28)20-22-38(31)25-39(32,38)24-23-36(29,37)6/h8-12,14,18,27,29-33,40H,1,13,15-17,19-25H2,2-7H3/b18-14+/t27-,29-,30-,31+,32+,33+,36-,37+,38-,39+/m1/s1. The number of esters is 1. The molecule has 1 N–H and O–H groups in total.